The zero-order valence-corrected chi connectivity index (χ0v) is 17.9. The van der Waals surface area contributed by atoms with Gasteiger partial charge in [0.2, 0.25) is 0 Å². The van der Waals surface area contributed by atoms with E-state index in [-0.39, 0.29) is 11.5 Å². The Labute approximate surface area is 176 Å². The predicted octanol–water partition coefficient (Wildman–Crippen LogP) is 6.40. The standard InChI is InChI=1S/C25H30O3S/c1-19-13-15-21(16-14-19)29(28)25-12-10-8-6-4-2-3-5-7-9-11-20-17-24(27)22(25)18-23(20)26/h2,4,12-18,26-27H,3,5-11H2,1H3/b4-2-,25-12+. The molecule has 0 aromatic heterocycles. The summed E-state index contributed by atoms with van der Waals surface area (Å²) in [5.74, 6) is 0.244. The molecule has 0 saturated heterocycles. The van der Waals surface area contributed by atoms with Crippen LogP contribution < -0.4 is 0 Å². The Morgan fingerprint density at radius 2 is 1.55 bits per heavy atom. The molecule has 0 spiro atoms. The molecule has 4 rings (SSSR count). The quantitative estimate of drug-likeness (QED) is 0.445. The topological polar surface area (TPSA) is 57.5 Å². The lowest BCUT2D eigenvalue weighted by Gasteiger charge is -2.14. The van der Waals surface area contributed by atoms with Crippen LogP contribution in [0.15, 0.2) is 59.5 Å². The van der Waals surface area contributed by atoms with E-state index in [1.807, 2.05) is 37.3 Å². The minimum Gasteiger partial charge on any atom is -0.508 e. The van der Waals surface area contributed by atoms with Gasteiger partial charge in [-0.25, -0.2) is 4.21 Å². The number of fused-ring (bicyclic) bond motifs is 11. The van der Waals surface area contributed by atoms with E-state index < -0.39 is 10.8 Å². The zero-order chi connectivity index (χ0) is 20.6. The van der Waals surface area contributed by atoms with Crippen LogP contribution in [0.2, 0.25) is 0 Å². The molecule has 0 radical (unpaired) electrons. The Balaban J connectivity index is 1.99. The van der Waals surface area contributed by atoms with Gasteiger partial charge in [-0.05, 0) is 81.7 Å². The maximum Gasteiger partial charge on any atom is 0.124 e. The van der Waals surface area contributed by atoms with E-state index in [9.17, 15) is 14.4 Å². The van der Waals surface area contributed by atoms with Crippen LogP contribution in [0.4, 0.5) is 0 Å². The molecule has 2 aromatic carbocycles. The van der Waals surface area contributed by atoms with E-state index >= 15 is 0 Å². The molecular weight excluding hydrogens is 380 g/mol. The summed E-state index contributed by atoms with van der Waals surface area (Å²) >= 11 is 0. The zero-order valence-electron chi connectivity index (χ0n) is 17.1. The fourth-order valence-electron chi connectivity index (χ4n) is 3.55. The van der Waals surface area contributed by atoms with Gasteiger partial charge >= 0.3 is 0 Å². The molecular formula is C25H30O3S. The fraction of sp³-hybridized carbons (Fsp3) is 0.360. The molecule has 2 bridgehead atoms. The van der Waals surface area contributed by atoms with E-state index in [1.165, 1.54) is 0 Å². The van der Waals surface area contributed by atoms with Crippen molar-refractivity contribution in [1.29, 1.82) is 0 Å². The maximum atomic E-state index is 13.3. The highest BCUT2D eigenvalue weighted by molar-refractivity contribution is 7.94. The highest BCUT2D eigenvalue weighted by Crippen LogP contribution is 2.36. The number of phenolic OH excluding ortho intramolecular Hbond substituents is 2. The number of rotatable bonds is 2. The van der Waals surface area contributed by atoms with Crippen LogP contribution in [0.1, 0.15) is 61.6 Å². The SMILES string of the molecule is Cc1ccc(S(=O)/C2=C/CCC/C=C\CCCCCc3cc(O)c2cc3O)cc1. The Kier molecular flexibility index (Phi) is 7.70. The van der Waals surface area contributed by atoms with E-state index in [2.05, 4.69) is 12.2 Å². The van der Waals surface area contributed by atoms with Crippen LogP contribution >= 0.6 is 0 Å². The number of allylic oxidation sites excluding steroid dienone is 3. The van der Waals surface area contributed by atoms with Crippen molar-refractivity contribution in [2.24, 2.45) is 0 Å². The normalized spacial score (nSPS) is 20.0. The lowest BCUT2D eigenvalue weighted by Crippen LogP contribution is -1.99. The number of aryl methyl sites for hydroxylation is 2. The summed E-state index contributed by atoms with van der Waals surface area (Å²) < 4.78 is 13.3. The summed E-state index contributed by atoms with van der Waals surface area (Å²) in [6.07, 6.45) is 14.1. The Morgan fingerprint density at radius 3 is 2.31 bits per heavy atom. The van der Waals surface area contributed by atoms with Crippen molar-refractivity contribution in [3.63, 3.8) is 0 Å². The summed E-state index contributed by atoms with van der Waals surface area (Å²) in [4.78, 5) is 1.25. The first-order chi connectivity index (χ1) is 14.1. The van der Waals surface area contributed by atoms with Gasteiger partial charge in [0, 0.05) is 10.5 Å². The molecule has 1 atom stereocenters. The van der Waals surface area contributed by atoms with Crippen molar-refractivity contribution in [1.82, 2.24) is 0 Å². The second kappa shape index (κ2) is 10.4. The largest absolute Gasteiger partial charge is 0.508 e. The van der Waals surface area contributed by atoms with E-state index in [4.69, 9.17) is 0 Å². The van der Waals surface area contributed by atoms with Crippen LogP contribution in [0, 0.1) is 6.92 Å². The van der Waals surface area contributed by atoms with Gasteiger partial charge in [0.25, 0.3) is 0 Å². The molecule has 29 heavy (non-hydrogen) atoms. The minimum atomic E-state index is -1.44. The molecule has 154 valence electrons. The van der Waals surface area contributed by atoms with Crippen molar-refractivity contribution in [3.8, 4) is 11.5 Å². The van der Waals surface area contributed by atoms with Gasteiger partial charge in [-0.1, -0.05) is 42.3 Å². The first kappa shape index (κ1) is 21.4. The van der Waals surface area contributed by atoms with Gasteiger partial charge in [-0.2, -0.15) is 0 Å². The van der Waals surface area contributed by atoms with Crippen molar-refractivity contribution in [3.05, 3.63) is 71.3 Å². The Hall–Kier alpha value is -2.33. The van der Waals surface area contributed by atoms with Gasteiger partial charge < -0.3 is 10.2 Å². The summed E-state index contributed by atoms with van der Waals surface area (Å²) in [7, 11) is -1.44. The number of hydrogen-bond donors (Lipinski definition) is 2. The molecule has 0 amide bonds. The minimum absolute atomic E-state index is 0.0801. The Morgan fingerprint density at radius 1 is 0.828 bits per heavy atom. The predicted molar refractivity (Wildman–Crippen MR) is 120 cm³/mol. The molecule has 0 fully saturated rings. The molecule has 2 aromatic rings. The van der Waals surface area contributed by atoms with Crippen molar-refractivity contribution in [2.75, 3.05) is 0 Å². The fourth-order valence-corrected chi connectivity index (χ4v) is 4.82. The second-order valence-electron chi connectivity index (χ2n) is 7.65. The first-order valence-corrected chi connectivity index (χ1v) is 11.6. The highest BCUT2D eigenvalue weighted by atomic mass is 32.2. The van der Waals surface area contributed by atoms with Crippen molar-refractivity contribution < 1.29 is 14.4 Å². The van der Waals surface area contributed by atoms with Crippen LogP contribution in [0.3, 0.4) is 0 Å². The van der Waals surface area contributed by atoms with Gasteiger partial charge in [-0.15, -0.1) is 0 Å². The van der Waals surface area contributed by atoms with Crippen molar-refractivity contribution in [2.45, 2.75) is 63.2 Å². The summed E-state index contributed by atoms with van der Waals surface area (Å²) in [6.45, 7) is 1.99. The average molecular weight is 411 g/mol. The number of phenols is 2. The lowest BCUT2D eigenvalue weighted by atomic mass is 10.0. The van der Waals surface area contributed by atoms with E-state index in [0.29, 0.717) is 15.4 Å². The molecule has 2 aliphatic carbocycles. The third-order valence-corrected chi connectivity index (χ3v) is 6.77. The average Bonchev–Trinajstić information content (AvgIpc) is 2.71. The number of hydrogen-bond acceptors (Lipinski definition) is 3. The molecule has 2 aliphatic rings. The lowest BCUT2D eigenvalue weighted by molar-refractivity contribution is 0.451. The third-order valence-electron chi connectivity index (χ3n) is 5.29. The molecule has 2 N–H and O–H groups in total. The number of aromatic hydroxyl groups is 2. The molecule has 4 heteroatoms. The van der Waals surface area contributed by atoms with Crippen LogP contribution in [-0.4, -0.2) is 14.4 Å². The van der Waals surface area contributed by atoms with Crippen LogP contribution in [-0.2, 0) is 17.2 Å². The van der Waals surface area contributed by atoms with E-state index in [0.717, 1.165) is 62.5 Å². The second-order valence-corrected chi connectivity index (χ2v) is 9.10. The molecule has 0 heterocycles. The first-order valence-electron chi connectivity index (χ1n) is 10.4. The van der Waals surface area contributed by atoms with Crippen LogP contribution in [0.25, 0.3) is 4.91 Å². The molecule has 3 nitrogen and oxygen atoms in total. The summed E-state index contributed by atoms with van der Waals surface area (Å²) in [5.41, 5.74) is 2.30. The summed E-state index contributed by atoms with van der Waals surface area (Å²) in [6, 6.07) is 10.8. The van der Waals surface area contributed by atoms with Gasteiger partial charge in [0.15, 0.2) is 0 Å². The van der Waals surface area contributed by atoms with Crippen molar-refractivity contribution >= 4 is 15.7 Å². The van der Waals surface area contributed by atoms with E-state index in [1.54, 1.807) is 12.1 Å². The maximum absolute atomic E-state index is 13.3. The molecule has 1 unspecified atom stereocenters. The van der Waals surface area contributed by atoms with Gasteiger partial charge in [0.05, 0.1) is 15.7 Å². The third kappa shape index (κ3) is 5.83. The number of benzene rings is 2. The monoisotopic (exact) mass is 410 g/mol. The smallest absolute Gasteiger partial charge is 0.124 e. The van der Waals surface area contributed by atoms with Gasteiger partial charge in [-0.3, -0.25) is 0 Å². The Bertz CT molecular complexity index is 910. The highest BCUT2D eigenvalue weighted by Gasteiger charge is 2.18. The van der Waals surface area contributed by atoms with Crippen LogP contribution in [0.5, 0.6) is 11.5 Å². The summed E-state index contributed by atoms with van der Waals surface area (Å²) in [5, 5.41) is 21.2. The van der Waals surface area contributed by atoms with Gasteiger partial charge in [0.1, 0.15) is 11.5 Å². The molecule has 0 aliphatic heterocycles. The molecule has 0 saturated carbocycles.